The summed E-state index contributed by atoms with van der Waals surface area (Å²) >= 11 is 5.09. The molecule has 106 valence electrons. The van der Waals surface area contributed by atoms with E-state index >= 15 is 0 Å². The van der Waals surface area contributed by atoms with Crippen LogP contribution in [0.25, 0.3) is 11.3 Å². The lowest BCUT2D eigenvalue weighted by Gasteiger charge is -2.11. The molecule has 2 aromatic rings. The Morgan fingerprint density at radius 3 is 2.10 bits per heavy atom. The Morgan fingerprint density at radius 1 is 1.10 bits per heavy atom. The van der Waals surface area contributed by atoms with Crippen LogP contribution in [-0.2, 0) is 0 Å². The number of H-pyrrole nitrogens is 1. The smallest absolute Gasteiger partial charge is 0.353 e. The highest BCUT2D eigenvalue weighted by Crippen LogP contribution is 2.39. The molecule has 0 saturated carbocycles. The van der Waals surface area contributed by atoms with E-state index in [9.17, 15) is 4.79 Å². The van der Waals surface area contributed by atoms with Crippen molar-refractivity contribution in [2.24, 2.45) is 0 Å². The van der Waals surface area contributed by atoms with Gasteiger partial charge in [-0.15, -0.1) is 35.3 Å². The Labute approximate surface area is 130 Å². The SMILES string of the molecule is CSc1cc(-c2cc(C(=O)O)[nH]n2)cc(SC)c1SC. The fraction of sp³-hybridized carbons (Fsp3) is 0.231. The number of carbonyl (C=O) groups is 1. The quantitative estimate of drug-likeness (QED) is 0.811. The predicted molar refractivity (Wildman–Crippen MR) is 86.3 cm³/mol. The second kappa shape index (κ2) is 6.60. The summed E-state index contributed by atoms with van der Waals surface area (Å²) in [6.07, 6.45) is 6.14. The van der Waals surface area contributed by atoms with Crippen LogP contribution in [0.1, 0.15) is 10.5 Å². The van der Waals surface area contributed by atoms with Gasteiger partial charge in [-0.05, 0) is 37.0 Å². The van der Waals surface area contributed by atoms with Crippen molar-refractivity contribution in [3.63, 3.8) is 0 Å². The second-order valence-corrected chi connectivity index (χ2v) is 6.40. The van der Waals surface area contributed by atoms with Crippen LogP contribution in [0.15, 0.2) is 32.9 Å². The van der Waals surface area contributed by atoms with Crippen molar-refractivity contribution in [3.8, 4) is 11.3 Å². The van der Waals surface area contributed by atoms with E-state index in [0.29, 0.717) is 5.69 Å². The minimum absolute atomic E-state index is 0.102. The summed E-state index contributed by atoms with van der Waals surface area (Å²) in [6.45, 7) is 0. The van der Waals surface area contributed by atoms with Gasteiger partial charge >= 0.3 is 5.97 Å². The summed E-state index contributed by atoms with van der Waals surface area (Å²) in [4.78, 5) is 14.5. The van der Waals surface area contributed by atoms with Crippen molar-refractivity contribution in [1.82, 2.24) is 10.2 Å². The Hall–Kier alpha value is -1.05. The third-order valence-electron chi connectivity index (χ3n) is 2.77. The third kappa shape index (κ3) is 2.99. The lowest BCUT2D eigenvalue weighted by Crippen LogP contribution is -1.95. The van der Waals surface area contributed by atoms with E-state index < -0.39 is 5.97 Å². The molecule has 7 heteroatoms. The molecule has 0 amide bonds. The van der Waals surface area contributed by atoms with Crippen LogP contribution in [0.4, 0.5) is 0 Å². The lowest BCUT2D eigenvalue weighted by molar-refractivity contribution is 0.0690. The Kier molecular flexibility index (Phi) is 5.06. The highest BCUT2D eigenvalue weighted by atomic mass is 32.2. The molecule has 1 aromatic heterocycles. The van der Waals surface area contributed by atoms with Crippen molar-refractivity contribution >= 4 is 41.3 Å². The van der Waals surface area contributed by atoms with Gasteiger partial charge in [-0.2, -0.15) is 5.10 Å². The van der Waals surface area contributed by atoms with E-state index in [1.807, 2.05) is 12.5 Å². The van der Waals surface area contributed by atoms with Crippen LogP contribution >= 0.6 is 35.3 Å². The summed E-state index contributed by atoms with van der Waals surface area (Å²) in [5.74, 6) is -1.00. The average Bonchev–Trinajstić information content (AvgIpc) is 2.95. The number of rotatable bonds is 5. The first-order chi connectivity index (χ1) is 9.60. The molecule has 1 aromatic carbocycles. The van der Waals surface area contributed by atoms with Gasteiger partial charge in [0.1, 0.15) is 5.69 Å². The van der Waals surface area contributed by atoms with E-state index in [0.717, 1.165) is 5.56 Å². The maximum atomic E-state index is 10.9. The normalized spacial score (nSPS) is 10.8. The molecule has 0 aliphatic carbocycles. The van der Waals surface area contributed by atoms with Crippen LogP contribution in [0.2, 0.25) is 0 Å². The molecule has 0 unspecified atom stereocenters. The van der Waals surface area contributed by atoms with Crippen LogP contribution < -0.4 is 0 Å². The van der Waals surface area contributed by atoms with Gasteiger partial charge in [0.25, 0.3) is 0 Å². The van der Waals surface area contributed by atoms with E-state index in [2.05, 4.69) is 28.6 Å². The molecule has 20 heavy (non-hydrogen) atoms. The first-order valence-electron chi connectivity index (χ1n) is 5.69. The minimum Gasteiger partial charge on any atom is -0.477 e. The standard InChI is InChI=1S/C13H14N2O2S3/c1-18-10-4-7(5-11(19-2)12(10)20-3)8-6-9(13(16)17)15-14-8/h4-6H,1-3H3,(H,14,15)(H,16,17). The minimum atomic E-state index is -1.00. The second-order valence-electron chi connectivity index (χ2n) is 3.89. The number of carboxylic acid groups (broad SMARTS) is 1. The summed E-state index contributed by atoms with van der Waals surface area (Å²) in [5, 5.41) is 15.6. The van der Waals surface area contributed by atoms with Crippen LogP contribution in [0, 0.1) is 0 Å². The molecule has 0 aliphatic rings. The molecule has 0 bridgehead atoms. The highest BCUT2D eigenvalue weighted by Gasteiger charge is 2.14. The van der Waals surface area contributed by atoms with Gasteiger partial charge in [-0.3, -0.25) is 5.10 Å². The first kappa shape index (κ1) is 15.3. The topological polar surface area (TPSA) is 66.0 Å². The van der Waals surface area contributed by atoms with Crippen LogP contribution in [-0.4, -0.2) is 40.0 Å². The van der Waals surface area contributed by atoms with Crippen molar-refractivity contribution in [1.29, 1.82) is 0 Å². The van der Waals surface area contributed by atoms with Crippen molar-refractivity contribution in [3.05, 3.63) is 23.9 Å². The molecule has 0 aliphatic heterocycles. The van der Waals surface area contributed by atoms with Crippen LogP contribution in [0.3, 0.4) is 0 Å². The van der Waals surface area contributed by atoms with Gasteiger partial charge in [0, 0.05) is 20.2 Å². The molecule has 0 fully saturated rings. The van der Waals surface area contributed by atoms with Crippen LogP contribution in [0.5, 0.6) is 0 Å². The Morgan fingerprint density at radius 2 is 1.70 bits per heavy atom. The zero-order chi connectivity index (χ0) is 14.7. The van der Waals surface area contributed by atoms with Gasteiger partial charge < -0.3 is 5.11 Å². The number of thioether (sulfide) groups is 3. The van der Waals surface area contributed by atoms with E-state index in [1.54, 1.807) is 41.4 Å². The van der Waals surface area contributed by atoms with E-state index in [4.69, 9.17) is 5.11 Å². The molecule has 2 N–H and O–H groups in total. The maximum absolute atomic E-state index is 10.9. The Bertz CT molecular complexity index is 615. The molecule has 2 rings (SSSR count). The van der Waals surface area contributed by atoms with E-state index in [1.165, 1.54) is 14.7 Å². The number of hydrogen-bond donors (Lipinski definition) is 2. The highest BCUT2D eigenvalue weighted by molar-refractivity contribution is 8.03. The number of aromatic carboxylic acids is 1. The zero-order valence-corrected chi connectivity index (χ0v) is 13.7. The molecule has 4 nitrogen and oxygen atoms in total. The zero-order valence-electron chi connectivity index (χ0n) is 11.3. The largest absolute Gasteiger partial charge is 0.477 e. The maximum Gasteiger partial charge on any atom is 0.353 e. The van der Waals surface area contributed by atoms with Gasteiger partial charge in [-0.1, -0.05) is 0 Å². The summed E-state index contributed by atoms with van der Waals surface area (Å²) in [6, 6.07) is 5.67. The third-order valence-corrected chi connectivity index (χ3v) is 5.40. The number of aromatic nitrogens is 2. The number of nitrogens with zero attached hydrogens (tertiary/aromatic N) is 1. The van der Waals surface area contributed by atoms with Crippen molar-refractivity contribution in [2.75, 3.05) is 18.8 Å². The molecule has 0 spiro atoms. The molecular formula is C13H14N2O2S3. The van der Waals surface area contributed by atoms with Crippen molar-refractivity contribution < 1.29 is 9.90 Å². The molecular weight excluding hydrogens is 312 g/mol. The molecule has 0 saturated heterocycles. The number of aromatic amines is 1. The van der Waals surface area contributed by atoms with Gasteiger partial charge in [0.05, 0.1) is 5.69 Å². The molecule has 0 atom stereocenters. The first-order valence-corrected chi connectivity index (χ1v) is 9.37. The summed E-state index contributed by atoms with van der Waals surface area (Å²) in [5.41, 5.74) is 1.69. The summed E-state index contributed by atoms with van der Waals surface area (Å²) < 4.78 is 0. The van der Waals surface area contributed by atoms with Gasteiger partial charge in [0.15, 0.2) is 0 Å². The number of nitrogens with one attached hydrogen (secondary N) is 1. The molecule has 0 radical (unpaired) electrons. The lowest BCUT2D eigenvalue weighted by atomic mass is 10.1. The number of benzene rings is 1. The van der Waals surface area contributed by atoms with Crippen molar-refractivity contribution in [2.45, 2.75) is 14.7 Å². The number of hydrogen-bond acceptors (Lipinski definition) is 5. The Balaban J connectivity index is 2.53. The van der Waals surface area contributed by atoms with E-state index in [-0.39, 0.29) is 5.69 Å². The number of carboxylic acids is 1. The fourth-order valence-corrected chi connectivity index (χ4v) is 4.47. The monoisotopic (exact) mass is 326 g/mol. The van der Waals surface area contributed by atoms with Gasteiger partial charge in [0.2, 0.25) is 0 Å². The average molecular weight is 326 g/mol. The molecule has 1 heterocycles. The fourth-order valence-electron chi connectivity index (χ4n) is 1.81. The summed E-state index contributed by atoms with van der Waals surface area (Å²) in [7, 11) is 0. The predicted octanol–water partition coefficient (Wildman–Crippen LogP) is 3.94. The van der Waals surface area contributed by atoms with Gasteiger partial charge in [-0.25, -0.2) is 4.79 Å².